The minimum atomic E-state index is -4.02. The van der Waals surface area contributed by atoms with Crippen LogP contribution in [0.2, 0.25) is 0 Å². The highest BCUT2D eigenvalue weighted by Gasteiger charge is 2.26. The Hall–Kier alpha value is 0.140. The highest BCUT2D eigenvalue weighted by Crippen LogP contribution is 2.22. The molecule has 0 aliphatic carbocycles. The Morgan fingerprint density at radius 2 is 2.00 bits per heavy atom. The summed E-state index contributed by atoms with van der Waals surface area (Å²) >= 11 is 0.810. The van der Waals surface area contributed by atoms with E-state index in [1.807, 2.05) is 6.92 Å². The van der Waals surface area contributed by atoms with Gasteiger partial charge in [-0.3, -0.25) is 0 Å². The van der Waals surface area contributed by atoms with Gasteiger partial charge in [0.05, 0.1) is 5.75 Å². The van der Waals surface area contributed by atoms with Gasteiger partial charge in [-0.2, -0.15) is 13.2 Å². The molecule has 9 heavy (non-hydrogen) atoms. The zero-order valence-corrected chi connectivity index (χ0v) is 5.85. The van der Waals surface area contributed by atoms with E-state index in [1.54, 1.807) is 5.75 Å². The fraction of sp³-hybridized carbons (Fsp3) is 0.800. The number of hydrogen-bond donors (Lipinski definition) is 0. The Balaban J connectivity index is 3.07. The summed E-state index contributed by atoms with van der Waals surface area (Å²) in [4.78, 5) is 0. The minimum Gasteiger partial charge on any atom is -0.170 e. The van der Waals surface area contributed by atoms with Gasteiger partial charge in [-0.1, -0.05) is 6.92 Å². The molecule has 0 N–H and O–H groups in total. The zero-order valence-electron chi connectivity index (χ0n) is 5.03. The number of rotatable bonds is 3. The van der Waals surface area contributed by atoms with Gasteiger partial charge < -0.3 is 0 Å². The monoisotopic (exact) mass is 157 g/mol. The Kier molecular flexibility index (Phi) is 4.10. The van der Waals surface area contributed by atoms with E-state index in [9.17, 15) is 13.2 Å². The van der Waals surface area contributed by atoms with Crippen LogP contribution in [0, 0.1) is 5.75 Å². The molecular weight excluding hydrogens is 149 g/mol. The molecule has 0 spiro atoms. The summed E-state index contributed by atoms with van der Waals surface area (Å²) < 4.78 is 34.0. The molecule has 0 aliphatic heterocycles. The van der Waals surface area contributed by atoms with Crippen molar-refractivity contribution in [3.63, 3.8) is 0 Å². The van der Waals surface area contributed by atoms with Crippen LogP contribution in [0.25, 0.3) is 0 Å². The molecule has 55 valence electrons. The van der Waals surface area contributed by atoms with Crippen molar-refractivity contribution in [2.45, 2.75) is 19.5 Å². The highest BCUT2D eigenvalue weighted by atomic mass is 32.2. The van der Waals surface area contributed by atoms with Crippen LogP contribution < -0.4 is 0 Å². The molecule has 0 rings (SSSR count). The lowest BCUT2D eigenvalue weighted by atomic mass is 10.6. The van der Waals surface area contributed by atoms with E-state index in [4.69, 9.17) is 0 Å². The van der Waals surface area contributed by atoms with Crippen molar-refractivity contribution in [1.29, 1.82) is 0 Å². The first kappa shape index (κ1) is 9.14. The zero-order chi connectivity index (χ0) is 7.33. The summed E-state index contributed by atoms with van der Waals surface area (Å²) in [6, 6.07) is 0. The van der Waals surface area contributed by atoms with Crippen LogP contribution in [0.15, 0.2) is 0 Å². The maximum absolute atomic E-state index is 11.3. The van der Waals surface area contributed by atoms with Gasteiger partial charge in [0, 0.05) is 5.75 Å². The van der Waals surface area contributed by atoms with Crippen molar-refractivity contribution in [1.82, 2.24) is 0 Å². The van der Waals surface area contributed by atoms with Crippen LogP contribution in [-0.4, -0.2) is 11.9 Å². The van der Waals surface area contributed by atoms with Crippen molar-refractivity contribution in [3.8, 4) is 0 Å². The van der Waals surface area contributed by atoms with Crippen LogP contribution in [-0.2, 0) is 0 Å². The van der Waals surface area contributed by atoms with E-state index >= 15 is 0 Å². The second-order valence-electron chi connectivity index (χ2n) is 1.50. The van der Waals surface area contributed by atoms with Crippen LogP contribution in [0.1, 0.15) is 13.3 Å². The summed E-state index contributed by atoms with van der Waals surface area (Å²) in [6.07, 6.45) is -3.34. The van der Waals surface area contributed by atoms with Gasteiger partial charge in [-0.25, -0.2) is 0 Å². The van der Waals surface area contributed by atoms with Crippen molar-refractivity contribution in [2.75, 3.05) is 5.75 Å². The third kappa shape index (κ3) is 8.14. The van der Waals surface area contributed by atoms with E-state index < -0.39 is 11.9 Å². The average Bonchev–Trinajstić information content (AvgIpc) is 1.63. The molecule has 0 aromatic carbocycles. The van der Waals surface area contributed by atoms with E-state index in [0.29, 0.717) is 6.42 Å². The van der Waals surface area contributed by atoms with Crippen molar-refractivity contribution >= 4 is 11.8 Å². The fourth-order valence-corrected chi connectivity index (χ4v) is 0.814. The van der Waals surface area contributed by atoms with Crippen LogP contribution in [0.3, 0.4) is 0 Å². The summed E-state index contributed by atoms with van der Waals surface area (Å²) in [5.74, 6) is 0.786. The van der Waals surface area contributed by atoms with Crippen LogP contribution >= 0.6 is 11.8 Å². The Labute approximate surface area is 56.8 Å². The SMILES string of the molecule is CC[CH]SCC(F)(F)F. The maximum atomic E-state index is 11.3. The molecule has 1 radical (unpaired) electrons. The summed E-state index contributed by atoms with van der Waals surface area (Å²) in [6.45, 7) is 1.81. The van der Waals surface area contributed by atoms with Crippen LogP contribution in [0.4, 0.5) is 13.2 Å². The average molecular weight is 157 g/mol. The Morgan fingerprint density at radius 3 is 2.33 bits per heavy atom. The number of halogens is 3. The molecule has 0 unspecified atom stereocenters. The van der Waals surface area contributed by atoms with Gasteiger partial charge >= 0.3 is 6.18 Å². The summed E-state index contributed by atoms with van der Waals surface area (Å²) in [5.41, 5.74) is 0. The smallest absolute Gasteiger partial charge is 0.170 e. The predicted octanol–water partition coefficient (Wildman–Crippen LogP) is 2.85. The normalized spacial score (nSPS) is 12.0. The standard InChI is InChI=1S/C5H8F3S/c1-2-3-9-4-5(6,7)8/h3H,2,4H2,1H3. The molecule has 0 aromatic heterocycles. The second-order valence-corrected chi connectivity index (χ2v) is 2.46. The number of hydrogen-bond acceptors (Lipinski definition) is 1. The van der Waals surface area contributed by atoms with E-state index in [2.05, 4.69) is 0 Å². The van der Waals surface area contributed by atoms with E-state index in [-0.39, 0.29) is 0 Å². The molecule has 0 heterocycles. The first-order valence-electron chi connectivity index (χ1n) is 2.56. The molecule has 0 fully saturated rings. The molecule has 0 amide bonds. The molecule has 0 bridgehead atoms. The molecule has 0 saturated heterocycles. The van der Waals surface area contributed by atoms with Gasteiger partial charge in [-0.15, -0.1) is 11.8 Å². The summed E-state index contributed by atoms with van der Waals surface area (Å²) in [7, 11) is 0. The van der Waals surface area contributed by atoms with Gasteiger partial charge in [0.25, 0.3) is 0 Å². The van der Waals surface area contributed by atoms with Gasteiger partial charge in [-0.05, 0) is 6.42 Å². The maximum Gasteiger partial charge on any atom is 0.397 e. The largest absolute Gasteiger partial charge is 0.397 e. The number of alkyl halides is 3. The van der Waals surface area contributed by atoms with Crippen molar-refractivity contribution in [3.05, 3.63) is 5.75 Å². The lowest BCUT2D eigenvalue weighted by molar-refractivity contribution is -0.105. The van der Waals surface area contributed by atoms with Gasteiger partial charge in [0.15, 0.2) is 0 Å². The van der Waals surface area contributed by atoms with Crippen molar-refractivity contribution in [2.24, 2.45) is 0 Å². The van der Waals surface area contributed by atoms with E-state index in [1.165, 1.54) is 0 Å². The molecular formula is C5H8F3S. The molecule has 0 nitrogen and oxygen atoms in total. The third-order valence-corrected chi connectivity index (χ3v) is 1.59. The molecule has 4 heteroatoms. The fourth-order valence-electron chi connectivity index (χ4n) is 0.271. The summed E-state index contributed by atoms with van der Waals surface area (Å²) in [5, 5.41) is 0. The minimum absolute atomic E-state index is 0.681. The molecule has 0 aromatic rings. The molecule has 0 saturated carbocycles. The number of thioether (sulfide) groups is 1. The quantitative estimate of drug-likeness (QED) is 0.567. The first-order chi connectivity index (χ1) is 4.06. The molecule has 0 aliphatic rings. The van der Waals surface area contributed by atoms with E-state index in [0.717, 1.165) is 11.8 Å². The lowest BCUT2D eigenvalue weighted by Crippen LogP contribution is -2.10. The Bertz CT molecular complexity index is 69.1. The van der Waals surface area contributed by atoms with Gasteiger partial charge in [0.1, 0.15) is 0 Å². The van der Waals surface area contributed by atoms with Crippen molar-refractivity contribution < 1.29 is 13.2 Å². The first-order valence-corrected chi connectivity index (χ1v) is 3.61. The lowest BCUT2D eigenvalue weighted by Gasteiger charge is -2.02. The second kappa shape index (κ2) is 4.04. The predicted molar refractivity (Wildman–Crippen MR) is 33.1 cm³/mol. The highest BCUT2D eigenvalue weighted by molar-refractivity contribution is 8.01. The Morgan fingerprint density at radius 1 is 1.44 bits per heavy atom. The van der Waals surface area contributed by atoms with Crippen LogP contribution in [0.5, 0.6) is 0 Å². The topological polar surface area (TPSA) is 0 Å². The van der Waals surface area contributed by atoms with Gasteiger partial charge in [0.2, 0.25) is 0 Å². The molecule has 0 atom stereocenters. The third-order valence-electron chi connectivity index (χ3n) is 0.532.